The fraction of sp³-hybridized carbons (Fsp3) is 0.276. The molecule has 2 heterocycles. The van der Waals surface area contributed by atoms with E-state index in [0.29, 0.717) is 0 Å². The van der Waals surface area contributed by atoms with Crippen molar-refractivity contribution >= 4 is 11.8 Å². The molecule has 4 aromatic rings. The van der Waals surface area contributed by atoms with Gasteiger partial charge in [-0.05, 0) is 92.1 Å². The lowest BCUT2D eigenvalue weighted by molar-refractivity contribution is -0.0359. The maximum Gasteiger partial charge on any atom is 0.176 e. The van der Waals surface area contributed by atoms with Gasteiger partial charge in [-0.1, -0.05) is 11.8 Å². The zero-order chi connectivity index (χ0) is 24.9. The van der Waals surface area contributed by atoms with Gasteiger partial charge in [-0.15, -0.1) is 0 Å². The minimum absolute atomic E-state index is 0.0869. The van der Waals surface area contributed by atoms with Crippen LogP contribution in [0.2, 0.25) is 0 Å². The second-order valence-electron chi connectivity index (χ2n) is 8.52. The first kappa shape index (κ1) is 24.3. The summed E-state index contributed by atoms with van der Waals surface area (Å²) in [6.45, 7) is 0.745. The Kier molecular flexibility index (Phi) is 7.49. The van der Waals surface area contributed by atoms with E-state index in [2.05, 4.69) is 41.0 Å². The van der Waals surface area contributed by atoms with Crippen molar-refractivity contribution in [2.24, 2.45) is 0 Å². The number of ether oxygens (including phenoxy) is 4. The summed E-state index contributed by atoms with van der Waals surface area (Å²) >= 11 is 1.63. The first-order valence-electron chi connectivity index (χ1n) is 12.0. The first-order chi connectivity index (χ1) is 17.7. The molecule has 1 saturated heterocycles. The summed E-state index contributed by atoms with van der Waals surface area (Å²) in [5.74, 6) is 2.46. The Labute approximate surface area is 216 Å². The highest BCUT2D eigenvalue weighted by Crippen LogP contribution is 2.43. The van der Waals surface area contributed by atoms with Gasteiger partial charge in [-0.3, -0.25) is 4.57 Å². The maximum absolute atomic E-state index is 6.32. The van der Waals surface area contributed by atoms with Gasteiger partial charge in [-0.2, -0.15) is 0 Å². The predicted octanol–water partition coefficient (Wildman–Crippen LogP) is 7.09. The zero-order valence-corrected chi connectivity index (χ0v) is 21.6. The lowest BCUT2D eigenvalue weighted by atomic mass is 10.0. The summed E-state index contributed by atoms with van der Waals surface area (Å²) in [7, 11) is 5.04. The van der Waals surface area contributed by atoms with Gasteiger partial charge in [-0.25, -0.2) is 4.98 Å². The number of aromatic nitrogens is 2. The third-order valence-corrected chi connectivity index (χ3v) is 7.30. The standard InChI is InChI=1S/C29H30N2O4S/c1-32-22-11-7-20(8-12-22)27-28(21-9-13-23(33-2)14-10-21)31(26-6-4-5-19-35-26)29(30-27)36-25-17-15-24(34-3)16-18-25/h7-18,26H,4-6,19H2,1-3H3. The summed E-state index contributed by atoms with van der Waals surface area (Å²) in [4.78, 5) is 6.29. The highest BCUT2D eigenvalue weighted by Gasteiger charge is 2.28. The number of rotatable bonds is 8. The third kappa shape index (κ3) is 5.08. The summed E-state index contributed by atoms with van der Waals surface area (Å²) < 4.78 is 24.7. The van der Waals surface area contributed by atoms with E-state index >= 15 is 0 Å². The van der Waals surface area contributed by atoms with Crippen LogP contribution in [-0.2, 0) is 4.74 Å². The average molecular weight is 503 g/mol. The molecule has 1 aliphatic heterocycles. The molecule has 0 bridgehead atoms. The molecule has 1 aliphatic rings. The Morgan fingerprint density at radius 3 is 1.83 bits per heavy atom. The van der Waals surface area contributed by atoms with Gasteiger partial charge in [0, 0.05) is 22.6 Å². The number of nitrogens with zero attached hydrogens (tertiary/aromatic N) is 2. The van der Waals surface area contributed by atoms with Gasteiger partial charge in [0.1, 0.15) is 23.5 Å². The van der Waals surface area contributed by atoms with Gasteiger partial charge < -0.3 is 18.9 Å². The van der Waals surface area contributed by atoms with Crippen molar-refractivity contribution in [1.82, 2.24) is 9.55 Å². The van der Waals surface area contributed by atoms with Crippen LogP contribution in [0.25, 0.3) is 22.5 Å². The van der Waals surface area contributed by atoms with E-state index in [1.165, 1.54) is 0 Å². The highest BCUT2D eigenvalue weighted by atomic mass is 32.2. The van der Waals surface area contributed by atoms with Crippen molar-refractivity contribution in [3.05, 3.63) is 72.8 Å². The molecule has 0 radical (unpaired) electrons. The van der Waals surface area contributed by atoms with E-state index < -0.39 is 0 Å². The predicted molar refractivity (Wildman–Crippen MR) is 142 cm³/mol. The average Bonchev–Trinajstić information content (AvgIpc) is 3.33. The molecule has 0 aliphatic carbocycles. The van der Waals surface area contributed by atoms with Gasteiger partial charge in [0.15, 0.2) is 5.16 Å². The molecule has 1 fully saturated rings. The molecule has 0 N–H and O–H groups in total. The van der Waals surface area contributed by atoms with Crippen molar-refractivity contribution in [3.8, 4) is 39.8 Å². The molecule has 0 amide bonds. The van der Waals surface area contributed by atoms with Crippen LogP contribution in [0.4, 0.5) is 0 Å². The molecular weight excluding hydrogens is 472 g/mol. The maximum atomic E-state index is 6.32. The number of hydrogen-bond donors (Lipinski definition) is 0. The molecule has 1 unspecified atom stereocenters. The monoisotopic (exact) mass is 502 g/mol. The van der Waals surface area contributed by atoms with Gasteiger partial charge in [0.05, 0.1) is 32.7 Å². The molecule has 186 valence electrons. The smallest absolute Gasteiger partial charge is 0.176 e. The number of methoxy groups -OCH3 is 3. The van der Waals surface area contributed by atoms with Crippen LogP contribution >= 0.6 is 11.8 Å². The van der Waals surface area contributed by atoms with E-state index in [-0.39, 0.29) is 6.23 Å². The van der Waals surface area contributed by atoms with Crippen LogP contribution in [-0.4, -0.2) is 37.5 Å². The largest absolute Gasteiger partial charge is 0.497 e. The van der Waals surface area contributed by atoms with Gasteiger partial charge in [0.2, 0.25) is 0 Å². The summed E-state index contributed by atoms with van der Waals surface area (Å²) in [6, 6.07) is 24.3. The molecular formula is C29H30N2O4S. The van der Waals surface area contributed by atoms with Crippen molar-refractivity contribution in [2.45, 2.75) is 35.5 Å². The molecule has 5 rings (SSSR count). The molecule has 1 atom stereocenters. The normalized spacial score (nSPS) is 15.5. The van der Waals surface area contributed by atoms with Crippen LogP contribution in [0.3, 0.4) is 0 Å². The molecule has 36 heavy (non-hydrogen) atoms. The fourth-order valence-electron chi connectivity index (χ4n) is 4.40. The Bertz CT molecular complexity index is 1280. The molecule has 6 nitrogen and oxygen atoms in total. The van der Waals surface area contributed by atoms with Crippen LogP contribution in [0.5, 0.6) is 17.2 Å². The van der Waals surface area contributed by atoms with Crippen molar-refractivity contribution in [1.29, 1.82) is 0 Å². The second-order valence-corrected chi connectivity index (χ2v) is 9.56. The number of hydrogen-bond acceptors (Lipinski definition) is 6. The summed E-state index contributed by atoms with van der Waals surface area (Å²) in [6.07, 6.45) is 3.05. The van der Waals surface area contributed by atoms with E-state index in [1.54, 1.807) is 33.1 Å². The Morgan fingerprint density at radius 1 is 0.750 bits per heavy atom. The van der Waals surface area contributed by atoms with E-state index in [0.717, 1.165) is 75.7 Å². The molecule has 1 aromatic heterocycles. The quantitative estimate of drug-likeness (QED) is 0.256. The first-order valence-corrected chi connectivity index (χ1v) is 12.9. The van der Waals surface area contributed by atoms with Gasteiger partial charge in [0.25, 0.3) is 0 Å². The Balaban J connectivity index is 1.68. The zero-order valence-electron chi connectivity index (χ0n) is 20.8. The Hall–Kier alpha value is -3.42. The van der Waals surface area contributed by atoms with E-state index in [1.807, 2.05) is 36.4 Å². The van der Waals surface area contributed by atoms with Crippen LogP contribution < -0.4 is 14.2 Å². The van der Waals surface area contributed by atoms with E-state index in [9.17, 15) is 0 Å². The topological polar surface area (TPSA) is 54.7 Å². The highest BCUT2D eigenvalue weighted by molar-refractivity contribution is 7.99. The van der Waals surface area contributed by atoms with Gasteiger partial charge >= 0.3 is 0 Å². The van der Waals surface area contributed by atoms with Crippen LogP contribution in [0.15, 0.2) is 82.8 Å². The SMILES string of the molecule is COc1ccc(Sc2nc(-c3ccc(OC)cc3)c(-c3ccc(OC)cc3)n2C2CCCCO2)cc1. The molecule has 0 saturated carbocycles. The third-order valence-electron chi connectivity index (χ3n) is 6.32. The van der Waals surface area contributed by atoms with E-state index in [4.69, 9.17) is 23.9 Å². The molecule has 0 spiro atoms. The molecule has 7 heteroatoms. The Morgan fingerprint density at radius 2 is 1.31 bits per heavy atom. The number of imidazole rings is 1. The van der Waals surface area contributed by atoms with Crippen molar-refractivity contribution < 1.29 is 18.9 Å². The number of benzene rings is 3. The minimum Gasteiger partial charge on any atom is -0.497 e. The minimum atomic E-state index is -0.0869. The van der Waals surface area contributed by atoms with Crippen molar-refractivity contribution in [2.75, 3.05) is 27.9 Å². The van der Waals surface area contributed by atoms with Crippen LogP contribution in [0.1, 0.15) is 25.5 Å². The lowest BCUT2D eigenvalue weighted by Gasteiger charge is -2.27. The lowest BCUT2D eigenvalue weighted by Crippen LogP contribution is -2.19. The summed E-state index contributed by atoms with van der Waals surface area (Å²) in [5.41, 5.74) is 4.02. The fourth-order valence-corrected chi connectivity index (χ4v) is 5.33. The van der Waals surface area contributed by atoms with Crippen molar-refractivity contribution in [3.63, 3.8) is 0 Å². The summed E-state index contributed by atoms with van der Waals surface area (Å²) in [5, 5.41) is 0.892. The second kappa shape index (κ2) is 11.1. The van der Waals surface area contributed by atoms with Crippen LogP contribution in [0, 0.1) is 0 Å². The molecule has 3 aromatic carbocycles.